The molecule has 22 heavy (non-hydrogen) atoms. The molecule has 1 atom stereocenters. The topological polar surface area (TPSA) is 75.8 Å². The molecule has 1 aromatic rings. The number of aliphatic imine (C=N–C) groups is 1. The summed E-state index contributed by atoms with van der Waals surface area (Å²) < 4.78 is 5.54. The van der Waals surface area contributed by atoms with Gasteiger partial charge in [0.1, 0.15) is 5.82 Å². The summed E-state index contributed by atoms with van der Waals surface area (Å²) in [6.45, 7) is 8.11. The molecule has 0 aromatic carbocycles. The van der Waals surface area contributed by atoms with E-state index in [2.05, 4.69) is 40.1 Å². The van der Waals surface area contributed by atoms with Crippen molar-refractivity contribution in [3.63, 3.8) is 0 Å². The fourth-order valence-corrected chi connectivity index (χ4v) is 2.21. The minimum absolute atomic E-state index is 0. The summed E-state index contributed by atoms with van der Waals surface area (Å²) in [4.78, 5) is 11.1. The van der Waals surface area contributed by atoms with E-state index >= 15 is 0 Å². The molecule has 6 nitrogen and oxygen atoms in total. The molecule has 7 heteroatoms. The highest BCUT2D eigenvalue weighted by molar-refractivity contribution is 14.0. The van der Waals surface area contributed by atoms with Gasteiger partial charge in [-0.2, -0.15) is 0 Å². The highest BCUT2D eigenvalue weighted by atomic mass is 127. The van der Waals surface area contributed by atoms with Crippen LogP contribution in [0.2, 0.25) is 0 Å². The Balaban J connectivity index is 0.00000242. The standard InChI is InChI=1S/C15H25N5O.HI/c1-3-6-17-15(16)19-10-13-4-5-14(18-9-13)20-7-8-21-12(2)11-20;/h4-5,9,12H,3,6-8,10-11H2,1-2H3,(H3,16,17,19);1H. The average molecular weight is 419 g/mol. The molecule has 1 saturated heterocycles. The molecule has 3 N–H and O–H groups in total. The fourth-order valence-electron chi connectivity index (χ4n) is 2.21. The smallest absolute Gasteiger partial charge is 0.188 e. The zero-order valence-corrected chi connectivity index (χ0v) is 15.6. The lowest BCUT2D eigenvalue weighted by Crippen LogP contribution is -2.41. The molecular formula is C15H26IN5O. The number of nitrogens with two attached hydrogens (primary N) is 1. The fraction of sp³-hybridized carbons (Fsp3) is 0.600. The van der Waals surface area contributed by atoms with Crippen LogP contribution in [0.3, 0.4) is 0 Å². The van der Waals surface area contributed by atoms with Gasteiger partial charge in [0.05, 0.1) is 19.3 Å². The summed E-state index contributed by atoms with van der Waals surface area (Å²) in [5.41, 5.74) is 6.82. The number of nitrogens with one attached hydrogen (secondary N) is 1. The number of hydrogen-bond acceptors (Lipinski definition) is 4. The second-order valence-corrected chi connectivity index (χ2v) is 5.28. The Morgan fingerprint density at radius 2 is 2.36 bits per heavy atom. The molecule has 0 amide bonds. The van der Waals surface area contributed by atoms with Gasteiger partial charge in [0.15, 0.2) is 5.96 Å². The molecule has 0 bridgehead atoms. The Morgan fingerprint density at radius 3 is 3.00 bits per heavy atom. The third-order valence-electron chi connectivity index (χ3n) is 3.36. The van der Waals surface area contributed by atoms with Crippen molar-refractivity contribution in [1.29, 1.82) is 0 Å². The van der Waals surface area contributed by atoms with Gasteiger partial charge in [-0.15, -0.1) is 24.0 Å². The number of nitrogens with zero attached hydrogens (tertiary/aromatic N) is 3. The van der Waals surface area contributed by atoms with Crippen molar-refractivity contribution in [2.75, 3.05) is 31.1 Å². The number of hydrogen-bond donors (Lipinski definition) is 2. The van der Waals surface area contributed by atoms with E-state index in [1.54, 1.807) is 0 Å². The van der Waals surface area contributed by atoms with Crippen LogP contribution in [-0.2, 0) is 11.3 Å². The third kappa shape index (κ3) is 5.96. The first-order valence-corrected chi connectivity index (χ1v) is 7.54. The molecule has 1 aromatic heterocycles. The van der Waals surface area contributed by atoms with Gasteiger partial charge in [-0.3, -0.25) is 0 Å². The van der Waals surface area contributed by atoms with E-state index in [-0.39, 0.29) is 30.1 Å². The zero-order valence-electron chi connectivity index (χ0n) is 13.3. The first kappa shape index (κ1) is 19.0. The van der Waals surface area contributed by atoms with Gasteiger partial charge in [0.2, 0.25) is 0 Å². The van der Waals surface area contributed by atoms with Gasteiger partial charge in [0, 0.05) is 25.8 Å². The molecule has 1 aliphatic rings. The van der Waals surface area contributed by atoms with Crippen molar-refractivity contribution >= 4 is 35.8 Å². The minimum Gasteiger partial charge on any atom is -0.375 e. The average Bonchev–Trinajstić information content (AvgIpc) is 2.51. The molecular weight excluding hydrogens is 393 g/mol. The summed E-state index contributed by atoms with van der Waals surface area (Å²) in [6, 6.07) is 4.09. The van der Waals surface area contributed by atoms with Crippen LogP contribution in [0.4, 0.5) is 5.82 Å². The SMILES string of the molecule is CCCNC(N)=NCc1ccc(N2CCOC(C)C2)nc1.I. The van der Waals surface area contributed by atoms with E-state index in [0.29, 0.717) is 12.5 Å². The maximum Gasteiger partial charge on any atom is 0.188 e. The van der Waals surface area contributed by atoms with Crippen LogP contribution >= 0.6 is 24.0 Å². The first-order chi connectivity index (χ1) is 10.2. The van der Waals surface area contributed by atoms with E-state index in [1.165, 1.54) is 0 Å². The van der Waals surface area contributed by atoms with Gasteiger partial charge >= 0.3 is 0 Å². The van der Waals surface area contributed by atoms with Crippen molar-refractivity contribution in [2.24, 2.45) is 10.7 Å². The van der Waals surface area contributed by atoms with Gasteiger partial charge in [-0.25, -0.2) is 9.98 Å². The number of halogens is 1. The maximum atomic E-state index is 5.77. The van der Waals surface area contributed by atoms with Gasteiger partial charge in [-0.05, 0) is 25.0 Å². The second kappa shape index (κ2) is 9.83. The van der Waals surface area contributed by atoms with E-state index in [1.807, 2.05) is 12.3 Å². The monoisotopic (exact) mass is 419 g/mol. The predicted molar refractivity (Wildman–Crippen MR) is 101 cm³/mol. The third-order valence-corrected chi connectivity index (χ3v) is 3.36. The Morgan fingerprint density at radius 1 is 1.55 bits per heavy atom. The lowest BCUT2D eigenvalue weighted by atomic mass is 10.2. The number of guanidine groups is 1. The summed E-state index contributed by atoms with van der Waals surface area (Å²) in [5.74, 6) is 1.48. The lowest BCUT2D eigenvalue weighted by molar-refractivity contribution is 0.0529. The molecule has 2 heterocycles. The zero-order chi connectivity index (χ0) is 15.1. The van der Waals surface area contributed by atoms with E-state index in [9.17, 15) is 0 Å². The highest BCUT2D eigenvalue weighted by Gasteiger charge is 2.17. The van der Waals surface area contributed by atoms with E-state index < -0.39 is 0 Å². The minimum atomic E-state index is 0. The first-order valence-electron chi connectivity index (χ1n) is 7.54. The van der Waals surface area contributed by atoms with Crippen molar-refractivity contribution < 1.29 is 4.74 Å². The number of anilines is 1. The molecule has 1 aliphatic heterocycles. The van der Waals surface area contributed by atoms with Gasteiger partial charge in [0.25, 0.3) is 0 Å². The number of pyridine rings is 1. The molecule has 2 rings (SSSR count). The number of ether oxygens (including phenoxy) is 1. The number of rotatable bonds is 5. The summed E-state index contributed by atoms with van der Waals surface area (Å²) in [7, 11) is 0. The quantitative estimate of drug-likeness (QED) is 0.432. The van der Waals surface area contributed by atoms with E-state index in [4.69, 9.17) is 10.5 Å². The molecule has 1 unspecified atom stereocenters. The van der Waals surface area contributed by atoms with Crippen LogP contribution in [-0.4, -0.2) is 43.3 Å². The van der Waals surface area contributed by atoms with Crippen LogP contribution in [0, 0.1) is 0 Å². The van der Waals surface area contributed by atoms with Crippen molar-refractivity contribution in [3.05, 3.63) is 23.9 Å². The number of aromatic nitrogens is 1. The Bertz CT molecular complexity index is 466. The van der Waals surface area contributed by atoms with Crippen LogP contribution < -0.4 is 16.0 Å². The molecule has 0 radical (unpaired) electrons. The Kier molecular flexibility index (Phi) is 8.47. The largest absolute Gasteiger partial charge is 0.375 e. The predicted octanol–water partition coefficient (Wildman–Crippen LogP) is 1.74. The van der Waals surface area contributed by atoms with Crippen LogP contribution in [0.25, 0.3) is 0 Å². The summed E-state index contributed by atoms with van der Waals surface area (Å²) in [6.07, 6.45) is 3.16. The molecule has 0 saturated carbocycles. The second-order valence-electron chi connectivity index (χ2n) is 5.28. The van der Waals surface area contributed by atoms with Crippen molar-refractivity contribution in [3.8, 4) is 0 Å². The van der Waals surface area contributed by atoms with Gasteiger partial charge < -0.3 is 20.7 Å². The van der Waals surface area contributed by atoms with Crippen molar-refractivity contribution in [1.82, 2.24) is 10.3 Å². The molecule has 0 spiro atoms. The maximum absolute atomic E-state index is 5.77. The molecule has 0 aliphatic carbocycles. The normalized spacial score (nSPS) is 18.7. The number of morpholine rings is 1. The molecule has 1 fully saturated rings. The summed E-state index contributed by atoms with van der Waals surface area (Å²) in [5, 5.41) is 3.06. The summed E-state index contributed by atoms with van der Waals surface area (Å²) >= 11 is 0. The van der Waals surface area contributed by atoms with Gasteiger partial charge in [-0.1, -0.05) is 13.0 Å². The lowest BCUT2D eigenvalue weighted by Gasteiger charge is -2.32. The van der Waals surface area contributed by atoms with Crippen molar-refractivity contribution in [2.45, 2.75) is 32.9 Å². The van der Waals surface area contributed by atoms with Crippen LogP contribution in [0.1, 0.15) is 25.8 Å². The van der Waals surface area contributed by atoms with E-state index in [0.717, 1.165) is 44.0 Å². The molecule has 124 valence electrons. The highest BCUT2D eigenvalue weighted by Crippen LogP contribution is 2.15. The van der Waals surface area contributed by atoms with Crippen LogP contribution in [0.15, 0.2) is 23.3 Å². The van der Waals surface area contributed by atoms with Crippen LogP contribution in [0.5, 0.6) is 0 Å². The Hall–Kier alpha value is -1.09. The Labute approximate surface area is 149 Å².